The molecule has 0 aromatic heterocycles. The second-order valence-corrected chi connectivity index (χ2v) is 5.06. The maximum atomic E-state index is 13.5. The number of benzene rings is 1. The van der Waals surface area contributed by atoms with E-state index >= 15 is 0 Å². The lowest BCUT2D eigenvalue weighted by atomic mass is 10.1. The Labute approximate surface area is 109 Å². The molecule has 18 heavy (non-hydrogen) atoms. The van der Waals surface area contributed by atoms with Crippen LogP contribution in [0.1, 0.15) is 31.1 Å². The van der Waals surface area contributed by atoms with Gasteiger partial charge >= 0.3 is 6.09 Å². The molecule has 0 radical (unpaired) electrons. The van der Waals surface area contributed by atoms with Crippen LogP contribution in [0.3, 0.4) is 0 Å². The number of hydrogen-bond donors (Lipinski definition) is 1. The molecule has 4 nitrogen and oxygen atoms in total. The van der Waals surface area contributed by atoms with Gasteiger partial charge in [0.1, 0.15) is 5.75 Å². The van der Waals surface area contributed by atoms with Crippen molar-refractivity contribution in [2.75, 3.05) is 0 Å². The average molecular weight is 274 g/mol. The van der Waals surface area contributed by atoms with E-state index < -0.39 is 17.4 Å². The Morgan fingerprint density at radius 1 is 1.44 bits per heavy atom. The summed E-state index contributed by atoms with van der Waals surface area (Å²) in [7, 11) is 0. The zero-order valence-electron chi connectivity index (χ0n) is 10.2. The summed E-state index contributed by atoms with van der Waals surface area (Å²) in [4.78, 5) is 22.2. The SMILES string of the molecule is CC(C)(C)NC(=O)Oc1ccc(Cl)c(F)c1C=O. The number of aldehydes is 1. The predicted molar refractivity (Wildman–Crippen MR) is 65.7 cm³/mol. The Morgan fingerprint density at radius 2 is 2.06 bits per heavy atom. The molecule has 0 aliphatic heterocycles. The lowest BCUT2D eigenvalue weighted by molar-refractivity contribution is 0.111. The molecule has 1 rings (SSSR count). The van der Waals surface area contributed by atoms with Crippen molar-refractivity contribution in [3.8, 4) is 5.75 Å². The van der Waals surface area contributed by atoms with E-state index in [1.165, 1.54) is 12.1 Å². The van der Waals surface area contributed by atoms with Crippen molar-refractivity contribution in [1.29, 1.82) is 0 Å². The van der Waals surface area contributed by atoms with Crippen molar-refractivity contribution in [1.82, 2.24) is 5.32 Å². The van der Waals surface area contributed by atoms with Crippen molar-refractivity contribution in [2.24, 2.45) is 0 Å². The fourth-order valence-electron chi connectivity index (χ4n) is 1.18. The van der Waals surface area contributed by atoms with Crippen LogP contribution in [0.5, 0.6) is 5.75 Å². The number of hydrogen-bond acceptors (Lipinski definition) is 3. The van der Waals surface area contributed by atoms with Crippen molar-refractivity contribution in [3.63, 3.8) is 0 Å². The molecule has 0 aliphatic carbocycles. The van der Waals surface area contributed by atoms with Crippen molar-refractivity contribution in [2.45, 2.75) is 26.3 Å². The number of carbonyl (C=O) groups excluding carboxylic acids is 2. The minimum absolute atomic E-state index is 0.173. The summed E-state index contributed by atoms with van der Waals surface area (Å²) in [5.41, 5.74) is -0.879. The van der Waals surface area contributed by atoms with Crippen LogP contribution >= 0.6 is 11.6 Å². The summed E-state index contributed by atoms with van der Waals surface area (Å²) in [6.45, 7) is 5.28. The number of amides is 1. The van der Waals surface area contributed by atoms with Gasteiger partial charge in [-0.2, -0.15) is 0 Å². The Balaban J connectivity index is 2.95. The second kappa shape index (κ2) is 5.35. The smallest absolute Gasteiger partial charge is 0.409 e. The van der Waals surface area contributed by atoms with Crippen LogP contribution in [-0.4, -0.2) is 17.9 Å². The number of nitrogens with one attached hydrogen (secondary N) is 1. The van der Waals surface area contributed by atoms with E-state index in [1.807, 2.05) is 0 Å². The number of rotatable bonds is 2. The van der Waals surface area contributed by atoms with Crippen LogP contribution in [0.2, 0.25) is 5.02 Å². The quantitative estimate of drug-likeness (QED) is 0.842. The summed E-state index contributed by atoms with van der Waals surface area (Å²) < 4.78 is 18.3. The van der Waals surface area contributed by atoms with Gasteiger partial charge in [0, 0.05) is 5.54 Å². The highest BCUT2D eigenvalue weighted by Crippen LogP contribution is 2.26. The summed E-state index contributed by atoms with van der Waals surface area (Å²) >= 11 is 5.52. The van der Waals surface area contributed by atoms with Crippen LogP contribution in [-0.2, 0) is 0 Å². The molecule has 1 aromatic carbocycles. The van der Waals surface area contributed by atoms with Gasteiger partial charge in [-0.15, -0.1) is 0 Å². The van der Waals surface area contributed by atoms with Crippen molar-refractivity contribution in [3.05, 3.63) is 28.5 Å². The number of halogens is 2. The Kier molecular flexibility index (Phi) is 4.29. The van der Waals surface area contributed by atoms with Crippen molar-refractivity contribution >= 4 is 24.0 Å². The van der Waals surface area contributed by atoms with Gasteiger partial charge < -0.3 is 10.1 Å². The maximum Gasteiger partial charge on any atom is 0.413 e. The van der Waals surface area contributed by atoms with Gasteiger partial charge in [-0.05, 0) is 32.9 Å². The standard InChI is InChI=1S/C12H13ClFNO3/c1-12(2,3)15-11(17)18-9-5-4-8(13)10(14)7(9)6-16/h4-6H,1-3H3,(H,15,17). The van der Waals surface area contributed by atoms with Gasteiger partial charge in [0.25, 0.3) is 0 Å². The Bertz CT molecular complexity index is 483. The van der Waals surface area contributed by atoms with Crippen LogP contribution < -0.4 is 10.1 Å². The summed E-state index contributed by atoms with van der Waals surface area (Å²) in [5, 5.41) is 2.31. The number of ether oxygens (including phenoxy) is 1. The third-order valence-electron chi connectivity index (χ3n) is 1.89. The highest BCUT2D eigenvalue weighted by molar-refractivity contribution is 6.31. The van der Waals surface area contributed by atoms with E-state index in [-0.39, 0.29) is 22.6 Å². The molecule has 0 saturated carbocycles. The van der Waals surface area contributed by atoms with Gasteiger partial charge in [0.2, 0.25) is 0 Å². The van der Waals surface area contributed by atoms with Crippen molar-refractivity contribution < 1.29 is 18.7 Å². The maximum absolute atomic E-state index is 13.5. The molecule has 0 spiro atoms. The summed E-state index contributed by atoms with van der Waals surface area (Å²) in [6.07, 6.45) is -0.520. The van der Waals surface area contributed by atoms with Gasteiger partial charge in [-0.25, -0.2) is 9.18 Å². The molecular formula is C12H13ClFNO3. The molecule has 0 fully saturated rings. The molecule has 0 heterocycles. The Hall–Kier alpha value is -1.62. The van der Waals surface area contributed by atoms with Gasteiger partial charge in [0.05, 0.1) is 10.6 Å². The normalized spacial score (nSPS) is 10.9. The third-order valence-corrected chi connectivity index (χ3v) is 2.18. The van der Waals surface area contributed by atoms with E-state index in [0.717, 1.165) is 0 Å². The third kappa shape index (κ3) is 3.70. The van der Waals surface area contributed by atoms with Crippen LogP contribution in [0, 0.1) is 5.82 Å². The predicted octanol–water partition coefficient (Wildman–Crippen LogP) is 3.18. The molecule has 6 heteroatoms. The minimum atomic E-state index is -0.910. The molecule has 0 atom stereocenters. The molecule has 1 aromatic rings. The highest BCUT2D eigenvalue weighted by atomic mass is 35.5. The molecule has 0 unspecified atom stereocenters. The fourth-order valence-corrected chi connectivity index (χ4v) is 1.34. The largest absolute Gasteiger partial charge is 0.413 e. The topological polar surface area (TPSA) is 55.4 Å². The van der Waals surface area contributed by atoms with E-state index in [0.29, 0.717) is 0 Å². The molecule has 98 valence electrons. The molecule has 0 saturated heterocycles. The molecule has 1 amide bonds. The van der Waals surface area contributed by atoms with Crippen LogP contribution in [0.25, 0.3) is 0 Å². The molecule has 0 bridgehead atoms. The zero-order valence-corrected chi connectivity index (χ0v) is 11.0. The Morgan fingerprint density at radius 3 is 2.56 bits per heavy atom. The lowest BCUT2D eigenvalue weighted by Gasteiger charge is -2.20. The highest BCUT2D eigenvalue weighted by Gasteiger charge is 2.19. The zero-order chi connectivity index (χ0) is 13.9. The fraction of sp³-hybridized carbons (Fsp3) is 0.333. The first kappa shape index (κ1) is 14.4. The molecule has 0 aliphatic rings. The van der Waals surface area contributed by atoms with Gasteiger partial charge in [-0.3, -0.25) is 4.79 Å². The number of carbonyl (C=O) groups is 2. The van der Waals surface area contributed by atoms with Gasteiger partial charge in [-0.1, -0.05) is 11.6 Å². The first-order valence-electron chi connectivity index (χ1n) is 5.18. The van der Waals surface area contributed by atoms with E-state index in [1.54, 1.807) is 20.8 Å². The first-order chi connectivity index (χ1) is 8.24. The summed E-state index contributed by atoms with van der Waals surface area (Å²) in [6, 6.07) is 2.47. The van der Waals surface area contributed by atoms with E-state index in [9.17, 15) is 14.0 Å². The van der Waals surface area contributed by atoms with Gasteiger partial charge in [0.15, 0.2) is 12.1 Å². The minimum Gasteiger partial charge on any atom is -0.409 e. The summed E-state index contributed by atoms with van der Waals surface area (Å²) in [5.74, 6) is -1.08. The van der Waals surface area contributed by atoms with E-state index in [2.05, 4.69) is 5.32 Å². The lowest BCUT2D eigenvalue weighted by Crippen LogP contribution is -2.42. The molecule has 1 N–H and O–H groups in total. The molecular weight excluding hydrogens is 261 g/mol. The second-order valence-electron chi connectivity index (χ2n) is 4.66. The monoisotopic (exact) mass is 273 g/mol. The first-order valence-corrected chi connectivity index (χ1v) is 5.55. The van der Waals surface area contributed by atoms with E-state index in [4.69, 9.17) is 16.3 Å². The average Bonchev–Trinajstić information content (AvgIpc) is 2.21. The van der Waals surface area contributed by atoms with Crippen LogP contribution in [0.15, 0.2) is 12.1 Å². The van der Waals surface area contributed by atoms with Crippen LogP contribution in [0.4, 0.5) is 9.18 Å².